The number of aromatic nitrogens is 2. The molecule has 8 nitrogen and oxygen atoms in total. The summed E-state index contributed by atoms with van der Waals surface area (Å²) in [6.07, 6.45) is 0.849. The van der Waals surface area contributed by atoms with Crippen molar-refractivity contribution in [2.75, 3.05) is 36.1 Å². The number of sulfonamides is 1. The third kappa shape index (κ3) is 3.82. The maximum atomic E-state index is 11.6. The Bertz CT molecular complexity index is 884. The lowest BCUT2D eigenvalue weighted by Gasteiger charge is -2.30. The standard InChI is InChI=1S/C17H22N4O4S/c1-4-26(22,23)20-16-5-6-17(19-18-16)21-8-7-12-9-14(24-2)15(25-3)10-13(12)11-21/h5-6,9-10H,4,7-8,11H2,1-3H3,(H,18,20). The zero-order valence-corrected chi connectivity index (χ0v) is 15.8. The Balaban J connectivity index is 1.78. The number of nitrogens with one attached hydrogen (secondary N) is 1. The predicted octanol–water partition coefficient (Wildman–Crippen LogP) is 1.82. The molecule has 0 spiro atoms. The first-order valence-electron chi connectivity index (χ1n) is 8.28. The zero-order chi connectivity index (χ0) is 18.7. The minimum Gasteiger partial charge on any atom is -0.493 e. The average Bonchev–Trinajstić information content (AvgIpc) is 2.66. The van der Waals surface area contributed by atoms with Gasteiger partial charge in [-0.15, -0.1) is 10.2 Å². The quantitative estimate of drug-likeness (QED) is 0.819. The van der Waals surface area contributed by atoms with Gasteiger partial charge in [-0.05, 0) is 48.7 Å². The molecule has 140 valence electrons. The first-order chi connectivity index (χ1) is 12.5. The molecule has 0 amide bonds. The van der Waals surface area contributed by atoms with Crippen LogP contribution in [0.25, 0.3) is 0 Å². The van der Waals surface area contributed by atoms with Crippen molar-refractivity contribution in [3.05, 3.63) is 35.4 Å². The highest BCUT2D eigenvalue weighted by atomic mass is 32.2. The Morgan fingerprint density at radius 3 is 2.38 bits per heavy atom. The molecule has 0 saturated heterocycles. The van der Waals surface area contributed by atoms with Gasteiger partial charge in [-0.25, -0.2) is 8.42 Å². The maximum Gasteiger partial charge on any atom is 0.233 e. The van der Waals surface area contributed by atoms with Crippen LogP contribution in [-0.4, -0.2) is 45.1 Å². The van der Waals surface area contributed by atoms with Crippen molar-refractivity contribution >= 4 is 21.7 Å². The lowest BCUT2D eigenvalue weighted by molar-refractivity contribution is 0.353. The first kappa shape index (κ1) is 18.2. The minimum atomic E-state index is -3.36. The molecule has 0 radical (unpaired) electrons. The summed E-state index contributed by atoms with van der Waals surface area (Å²) in [7, 11) is -0.111. The smallest absolute Gasteiger partial charge is 0.233 e. The number of anilines is 2. The van der Waals surface area contributed by atoms with Gasteiger partial charge in [-0.3, -0.25) is 4.72 Å². The van der Waals surface area contributed by atoms with Gasteiger partial charge in [0.1, 0.15) is 0 Å². The Labute approximate surface area is 153 Å². The van der Waals surface area contributed by atoms with Crippen LogP contribution in [0.4, 0.5) is 11.6 Å². The van der Waals surface area contributed by atoms with Crippen LogP contribution in [0.2, 0.25) is 0 Å². The Morgan fingerprint density at radius 2 is 1.81 bits per heavy atom. The van der Waals surface area contributed by atoms with Crippen LogP contribution in [0.3, 0.4) is 0 Å². The molecule has 0 atom stereocenters. The fourth-order valence-corrected chi connectivity index (χ4v) is 3.43. The van der Waals surface area contributed by atoms with E-state index >= 15 is 0 Å². The lowest BCUT2D eigenvalue weighted by Crippen LogP contribution is -2.31. The van der Waals surface area contributed by atoms with Gasteiger partial charge in [0.15, 0.2) is 23.1 Å². The van der Waals surface area contributed by atoms with Crippen molar-refractivity contribution < 1.29 is 17.9 Å². The molecular weight excluding hydrogens is 356 g/mol. The molecule has 1 aromatic heterocycles. The predicted molar refractivity (Wildman–Crippen MR) is 99.4 cm³/mol. The molecule has 0 saturated carbocycles. The molecule has 1 aromatic carbocycles. The van der Waals surface area contributed by atoms with Crippen LogP contribution < -0.4 is 19.1 Å². The Hall–Kier alpha value is -2.55. The molecule has 9 heteroatoms. The van der Waals surface area contributed by atoms with E-state index in [1.54, 1.807) is 33.3 Å². The molecule has 2 heterocycles. The number of fused-ring (bicyclic) bond motifs is 1. The first-order valence-corrected chi connectivity index (χ1v) is 9.94. The fraction of sp³-hybridized carbons (Fsp3) is 0.412. The second-order valence-corrected chi connectivity index (χ2v) is 7.94. The van der Waals surface area contributed by atoms with Crippen molar-refractivity contribution in [1.82, 2.24) is 10.2 Å². The normalized spacial score (nSPS) is 13.9. The number of nitrogens with zero attached hydrogens (tertiary/aromatic N) is 3. The monoisotopic (exact) mass is 378 g/mol. The van der Waals surface area contributed by atoms with Crippen molar-refractivity contribution in [3.63, 3.8) is 0 Å². The summed E-state index contributed by atoms with van der Waals surface area (Å²) in [6.45, 7) is 3.03. The van der Waals surface area contributed by atoms with Gasteiger partial charge >= 0.3 is 0 Å². The highest BCUT2D eigenvalue weighted by Crippen LogP contribution is 2.34. The van der Waals surface area contributed by atoms with E-state index in [0.717, 1.165) is 24.3 Å². The van der Waals surface area contributed by atoms with Crippen molar-refractivity contribution in [2.45, 2.75) is 19.9 Å². The molecule has 0 fully saturated rings. The number of benzene rings is 1. The van der Waals surface area contributed by atoms with E-state index in [9.17, 15) is 8.42 Å². The molecule has 1 aliphatic heterocycles. The largest absolute Gasteiger partial charge is 0.493 e. The molecular formula is C17H22N4O4S. The molecule has 0 bridgehead atoms. The zero-order valence-electron chi connectivity index (χ0n) is 15.0. The summed E-state index contributed by atoms with van der Waals surface area (Å²) in [5.41, 5.74) is 2.37. The number of hydrogen-bond acceptors (Lipinski definition) is 7. The van der Waals surface area contributed by atoms with Crippen LogP contribution in [-0.2, 0) is 23.0 Å². The molecule has 0 aliphatic carbocycles. The number of hydrogen-bond donors (Lipinski definition) is 1. The second kappa shape index (κ2) is 7.36. The summed E-state index contributed by atoms with van der Waals surface area (Å²) in [5, 5.41) is 8.14. The van der Waals surface area contributed by atoms with Crippen LogP contribution in [0, 0.1) is 0 Å². The van der Waals surface area contributed by atoms with Gasteiger partial charge in [0, 0.05) is 13.1 Å². The van der Waals surface area contributed by atoms with Gasteiger partial charge in [0.2, 0.25) is 10.0 Å². The second-order valence-electron chi connectivity index (χ2n) is 5.93. The fourth-order valence-electron chi connectivity index (χ4n) is 2.86. The third-order valence-electron chi connectivity index (χ3n) is 4.33. The van der Waals surface area contributed by atoms with E-state index in [0.29, 0.717) is 18.1 Å². The summed E-state index contributed by atoms with van der Waals surface area (Å²) in [6, 6.07) is 7.39. The van der Waals surface area contributed by atoms with Gasteiger partial charge < -0.3 is 14.4 Å². The number of methoxy groups -OCH3 is 2. The molecule has 0 unspecified atom stereocenters. The summed E-state index contributed by atoms with van der Waals surface area (Å²) < 4.78 is 36.3. The number of ether oxygens (including phenoxy) is 2. The van der Waals surface area contributed by atoms with Gasteiger partial charge in [-0.1, -0.05) is 0 Å². The van der Waals surface area contributed by atoms with E-state index < -0.39 is 10.0 Å². The molecule has 3 rings (SSSR count). The van der Waals surface area contributed by atoms with E-state index in [4.69, 9.17) is 9.47 Å². The van der Waals surface area contributed by atoms with Crippen LogP contribution >= 0.6 is 0 Å². The van der Waals surface area contributed by atoms with Crippen molar-refractivity contribution in [3.8, 4) is 11.5 Å². The van der Waals surface area contributed by atoms with Crippen molar-refractivity contribution in [2.24, 2.45) is 0 Å². The summed E-state index contributed by atoms with van der Waals surface area (Å²) in [4.78, 5) is 2.10. The topological polar surface area (TPSA) is 93.7 Å². The number of rotatable bonds is 6. The Kier molecular flexibility index (Phi) is 5.17. The van der Waals surface area contributed by atoms with Crippen LogP contribution in [0.15, 0.2) is 24.3 Å². The lowest BCUT2D eigenvalue weighted by atomic mass is 9.99. The van der Waals surface area contributed by atoms with Gasteiger partial charge in [0.05, 0.1) is 20.0 Å². The molecule has 2 aromatic rings. The highest BCUT2D eigenvalue weighted by Gasteiger charge is 2.21. The average molecular weight is 378 g/mol. The van der Waals surface area contributed by atoms with E-state index in [-0.39, 0.29) is 11.6 Å². The summed E-state index contributed by atoms with van der Waals surface area (Å²) >= 11 is 0. The third-order valence-corrected chi connectivity index (χ3v) is 5.61. The van der Waals surface area contributed by atoms with Gasteiger partial charge in [-0.2, -0.15) is 0 Å². The molecule has 26 heavy (non-hydrogen) atoms. The minimum absolute atomic E-state index is 0.00929. The Morgan fingerprint density at radius 1 is 1.12 bits per heavy atom. The van der Waals surface area contributed by atoms with Crippen LogP contribution in [0.1, 0.15) is 18.1 Å². The van der Waals surface area contributed by atoms with Crippen LogP contribution in [0.5, 0.6) is 11.5 Å². The van der Waals surface area contributed by atoms with E-state index in [1.165, 1.54) is 5.56 Å². The molecule has 1 N–H and O–H groups in total. The van der Waals surface area contributed by atoms with Gasteiger partial charge in [0.25, 0.3) is 0 Å². The summed E-state index contributed by atoms with van der Waals surface area (Å²) in [5.74, 6) is 2.34. The van der Waals surface area contributed by atoms with Crippen molar-refractivity contribution in [1.29, 1.82) is 0 Å². The maximum absolute atomic E-state index is 11.6. The van der Waals surface area contributed by atoms with E-state index in [2.05, 4.69) is 19.8 Å². The van der Waals surface area contributed by atoms with E-state index in [1.807, 2.05) is 12.1 Å². The highest BCUT2D eigenvalue weighted by molar-refractivity contribution is 7.92. The SMILES string of the molecule is CCS(=O)(=O)Nc1ccc(N2CCc3cc(OC)c(OC)cc3C2)nn1. The molecule has 1 aliphatic rings.